The normalized spacial score (nSPS) is 20.0. The zero-order valence-corrected chi connectivity index (χ0v) is 15.3. The average Bonchev–Trinajstić information content (AvgIpc) is 3.15. The first-order chi connectivity index (χ1) is 12.3. The van der Waals surface area contributed by atoms with Gasteiger partial charge in [-0.15, -0.1) is 0 Å². The zero-order chi connectivity index (χ0) is 18.6. The second-order valence-corrected chi connectivity index (χ2v) is 8.60. The lowest BCUT2D eigenvalue weighted by atomic mass is 10.1. The monoisotopic (exact) mass is 370 g/mol. The van der Waals surface area contributed by atoms with Crippen molar-refractivity contribution in [1.29, 1.82) is 0 Å². The van der Waals surface area contributed by atoms with Crippen LogP contribution in [-0.2, 0) is 16.4 Å². The van der Waals surface area contributed by atoms with Gasteiger partial charge in [-0.3, -0.25) is 9.59 Å². The highest BCUT2D eigenvalue weighted by Gasteiger charge is 2.39. The number of aryl methyl sites for hydroxylation is 1. The highest BCUT2D eigenvalue weighted by molar-refractivity contribution is 7.90. The highest BCUT2D eigenvalue weighted by atomic mass is 32.2. The van der Waals surface area contributed by atoms with Crippen molar-refractivity contribution in [3.8, 4) is 0 Å². The quantitative estimate of drug-likeness (QED) is 0.812. The zero-order valence-electron chi connectivity index (χ0n) is 14.5. The third-order valence-electron chi connectivity index (χ3n) is 5.27. The summed E-state index contributed by atoms with van der Waals surface area (Å²) in [5.74, 6) is -0.830. The molecule has 134 valence electrons. The number of hydrogen-bond donors (Lipinski definition) is 0. The molecular weight excluding hydrogens is 352 g/mol. The number of carbonyl (C=O) groups is 2. The number of rotatable bonds is 2. The molecule has 1 aliphatic heterocycles. The Balaban J connectivity index is 1.69. The third-order valence-corrected chi connectivity index (χ3v) is 7.05. The maximum atomic E-state index is 12.9. The van der Waals surface area contributed by atoms with Crippen LogP contribution in [-0.4, -0.2) is 43.5 Å². The van der Waals surface area contributed by atoms with Crippen molar-refractivity contribution in [3.05, 3.63) is 64.7 Å². The van der Waals surface area contributed by atoms with Crippen LogP contribution in [0.4, 0.5) is 0 Å². The van der Waals surface area contributed by atoms with Crippen molar-refractivity contribution in [3.63, 3.8) is 0 Å². The number of nitrogens with zero attached hydrogens (tertiary/aromatic N) is 2. The fourth-order valence-electron chi connectivity index (χ4n) is 3.75. The maximum absolute atomic E-state index is 12.9. The van der Waals surface area contributed by atoms with Gasteiger partial charge in [-0.2, -0.15) is 0 Å². The fraction of sp³-hybridized carbons (Fsp3) is 0.263. The summed E-state index contributed by atoms with van der Waals surface area (Å²) in [6.07, 6.45) is 1.75. The van der Waals surface area contributed by atoms with Gasteiger partial charge >= 0.3 is 0 Å². The van der Waals surface area contributed by atoms with Gasteiger partial charge in [0.2, 0.25) is 0 Å². The van der Waals surface area contributed by atoms with E-state index in [1.807, 2.05) is 18.2 Å². The topological polar surface area (TPSA) is 74.8 Å². The average molecular weight is 370 g/mol. The van der Waals surface area contributed by atoms with E-state index in [2.05, 4.69) is 6.07 Å². The minimum atomic E-state index is -3.87. The Morgan fingerprint density at radius 3 is 2.69 bits per heavy atom. The van der Waals surface area contributed by atoms with Crippen molar-refractivity contribution in [2.75, 3.05) is 14.1 Å². The standard InChI is InChI=1S/C19H18N2O4S/c1-20(16-10-8-12-5-3-4-6-14(12)16)18(22)13-7-9-15-17(11-13)26(24,25)21(2)19(15)23/h3-7,9,11,16H,8,10H2,1-2H3/t16-/m1/s1. The van der Waals surface area contributed by atoms with Crippen LogP contribution in [0.1, 0.15) is 44.3 Å². The van der Waals surface area contributed by atoms with Gasteiger partial charge in [-0.1, -0.05) is 24.3 Å². The molecule has 0 saturated carbocycles. The number of amides is 2. The Hall–Kier alpha value is -2.67. The van der Waals surface area contributed by atoms with Gasteiger partial charge in [0, 0.05) is 19.7 Å². The molecule has 4 rings (SSSR count). The minimum Gasteiger partial charge on any atom is -0.335 e. The molecule has 1 heterocycles. The second kappa shape index (κ2) is 5.67. The molecule has 0 spiro atoms. The van der Waals surface area contributed by atoms with Crippen LogP contribution >= 0.6 is 0 Å². The summed E-state index contributed by atoms with van der Waals surface area (Å²) in [6.45, 7) is 0. The molecule has 0 N–H and O–H groups in total. The van der Waals surface area contributed by atoms with Gasteiger partial charge < -0.3 is 4.90 Å². The van der Waals surface area contributed by atoms with Crippen LogP contribution < -0.4 is 0 Å². The molecule has 26 heavy (non-hydrogen) atoms. The van der Waals surface area contributed by atoms with Crippen molar-refractivity contribution < 1.29 is 18.0 Å². The Morgan fingerprint density at radius 1 is 1.19 bits per heavy atom. The Morgan fingerprint density at radius 2 is 1.92 bits per heavy atom. The second-order valence-electron chi connectivity index (χ2n) is 6.66. The van der Waals surface area contributed by atoms with Crippen molar-refractivity contribution in [1.82, 2.24) is 9.21 Å². The van der Waals surface area contributed by atoms with Crippen LogP contribution in [0.2, 0.25) is 0 Å². The number of hydrogen-bond acceptors (Lipinski definition) is 4. The van der Waals surface area contributed by atoms with Crippen molar-refractivity contribution >= 4 is 21.8 Å². The number of benzene rings is 2. The molecule has 0 unspecified atom stereocenters. The van der Waals surface area contributed by atoms with Gasteiger partial charge in [0.15, 0.2) is 0 Å². The molecule has 0 bridgehead atoms. The lowest BCUT2D eigenvalue weighted by Crippen LogP contribution is -2.30. The maximum Gasteiger partial charge on any atom is 0.268 e. The van der Waals surface area contributed by atoms with E-state index in [1.54, 1.807) is 11.9 Å². The predicted molar refractivity (Wildman–Crippen MR) is 95.3 cm³/mol. The summed E-state index contributed by atoms with van der Waals surface area (Å²) in [5.41, 5.74) is 2.74. The fourth-order valence-corrected chi connectivity index (χ4v) is 5.07. The first-order valence-corrected chi connectivity index (χ1v) is 9.78. The summed E-state index contributed by atoms with van der Waals surface area (Å²) in [6, 6.07) is 12.3. The van der Waals surface area contributed by atoms with Crippen LogP contribution in [0.5, 0.6) is 0 Å². The predicted octanol–water partition coefficient (Wildman–Crippen LogP) is 2.22. The molecule has 0 fully saturated rings. The third kappa shape index (κ3) is 2.27. The molecule has 7 heteroatoms. The summed E-state index contributed by atoms with van der Waals surface area (Å²) < 4.78 is 25.4. The van der Waals surface area contributed by atoms with E-state index < -0.39 is 15.9 Å². The van der Waals surface area contributed by atoms with Crippen LogP contribution in [0, 0.1) is 0 Å². The SMILES string of the molecule is CN(C(=O)c1ccc2c(c1)S(=O)(=O)N(C)C2=O)[C@@H]1CCc2ccccc21. The number of sulfonamides is 1. The van der Waals surface area contributed by atoms with E-state index in [-0.39, 0.29) is 28.0 Å². The molecule has 2 aromatic rings. The van der Waals surface area contributed by atoms with Crippen molar-refractivity contribution in [2.45, 2.75) is 23.8 Å². The molecule has 1 aliphatic carbocycles. The van der Waals surface area contributed by atoms with Crippen molar-refractivity contribution in [2.24, 2.45) is 0 Å². The van der Waals surface area contributed by atoms with E-state index in [9.17, 15) is 18.0 Å². The van der Waals surface area contributed by atoms with E-state index >= 15 is 0 Å². The first-order valence-electron chi connectivity index (χ1n) is 8.34. The molecule has 6 nitrogen and oxygen atoms in total. The molecule has 2 aliphatic rings. The number of fused-ring (bicyclic) bond motifs is 2. The molecule has 0 radical (unpaired) electrons. The lowest BCUT2D eigenvalue weighted by molar-refractivity contribution is 0.0729. The van der Waals surface area contributed by atoms with Gasteiger partial charge in [0.25, 0.3) is 21.8 Å². The first kappa shape index (κ1) is 16.8. The number of carbonyl (C=O) groups excluding carboxylic acids is 2. The lowest BCUT2D eigenvalue weighted by Gasteiger charge is -2.25. The van der Waals surface area contributed by atoms with Gasteiger partial charge in [0.05, 0.1) is 11.6 Å². The Bertz CT molecular complexity index is 1050. The largest absolute Gasteiger partial charge is 0.335 e. The Kier molecular flexibility index (Phi) is 3.66. The molecule has 1 atom stereocenters. The van der Waals surface area contributed by atoms with Gasteiger partial charge in [-0.05, 0) is 42.2 Å². The minimum absolute atomic E-state index is 0.0344. The summed E-state index contributed by atoms with van der Waals surface area (Å²) >= 11 is 0. The summed E-state index contributed by atoms with van der Waals surface area (Å²) in [4.78, 5) is 26.5. The van der Waals surface area contributed by atoms with E-state index in [1.165, 1.54) is 30.8 Å². The molecule has 0 saturated heterocycles. The van der Waals surface area contributed by atoms with E-state index in [0.717, 1.165) is 18.4 Å². The highest BCUT2D eigenvalue weighted by Crippen LogP contribution is 2.36. The van der Waals surface area contributed by atoms with Crippen LogP contribution in [0.25, 0.3) is 0 Å². The Labute approximate surface area is 152 Å². The molecular formula is C19H18N2O4S. The molecule has 0 aromatic heterocycles. The smallest absolute Gasteiger partial charge is 0.268 e. The molecule has 2 amide bonds. The summed E-state index contributed by atoms with van der Waals surface area (Å²) in [7, 11) is -0.917. The van der Waals surface area contributed by atoms with Gasteiger partial charge in [0.1, 0.15) is 4.90 Å². The van der Waals surface area contributed by atoms with E-state index in [4.69, 9.17) is 0 Å². The van der Waals surface area contributed by atoms with E-state index in [0.29, 0.717) is 4.31 Å². The van der Waals surface area contributed by atoms with Gasteiger partial charge in [-0.25, -0.2) is 12.7 Å². The van der Waals surface area contributed by atoms with Crippen LogP contribution in [0.3, 0.4) is 0 Å². The summed E-state index contributed by atoms with van der Waals surface area (Å²) in [5, 5.41) is 0. The molecule has 2 aromatic carbocycles. The van der Waals surface area contributed by atoms with Crippen LogP contribution in [0.15, 0.2) is 47.4 Å².